The predicted octanol–water partition coefficient (Wildman–Crippen LogP) is 4.11. The molecule has 0 aliphatic heterocycles. The van der Waals surface area contributed by atoms with Crippen LogP contribution in [0, 0.1) is 5.82 Å². The Kier molecular flexibility index (Phi) is 7.65. The average molecular weight is 410 g/mol. The van der Waals surface area contributed by atoms with Gasteiger partial charge in [-0.2, -0.15) is 0 Å². The van der Waals surface area contributed by atoms with Crippen molar-refractivity contribution in [3.8, 4) is 0 Å². The zero-order valence-electron chi connectivity index (χ0n) is 15.7. The summed E-state index contributed by atoms with van der Waals surface area (Å²) in [7, 11) is -3.87. The van der Waals surface area contributed by atoms with Crippen LogP contribution in [0.15, 0.2) is 59.4 Å². The lowest BCUT2D eigenvalue weighted by Gasteiger charge is -2.22. The minimum Gasteiger partial charge on any atom is -0.326 e. The van der Waals surface area contributed by atoms with Crippen LogP contribution in [0.25, 0.3) is 0 Å². The maximum atomic E-state index is 14.1. The van der Waals surface area contributed by atoms with Gasteiger partial charge in [-0.05, 0) is 56.2 Å². The molecule has 1 amide bonds. The molecule has 0 atom stereocenters. The summed E-state index contributed by atoms with van der Waals surface area (Å²) in [6, 6.07) is 2.92. The summed E-state index contributed by atoms with van der Waals surface area (Å²) in [5.74, 6) is -2.27. The number of hydrogen-bond acceptors (Lipinski definition) is 3. The third-order valence-corrected chi connectivity index (χ3v) is 5.94. The summed E-state index contributed by atoms with van der Waals surface area (Å²) in [5, 5.41) is 2.40. The van der Waals surface area contributed by atoms with E-state index in [1.807, 2.05) is 0 Å². The second-order valence-corrected chi connectivity index (χ2v) is 8.37. The highest BCUT2D eigenvalue weighted by atomic mass is 32.2. The Balaban J connectivity index is 2.19. The zero-order valence-corrected chi connectivity index (χ0v) is 16.5. The second-order valence-electron chi connectivity index (χ2n) is 6.66. The van der Waals surface area contributed by atoms with Gasteiger partial charge in [0.1, 0.15) is 11.6 Å². The fourth-order valence-corrected chi connectivity index (χ4v) is 4.24. The Morgan fingerprint density at radius 2 is 1.89 bits per heavy atom. The van der Waals surface area contributed by atoms with Crippen LogP contribution in [0.3, 0.4) is 0 Å². The largest absolute Gasteiger partial charge is 0.326 e. The number of carbonyl (C=O) groups is 1. The molecule has 0 aromatic heterocycles. The van der Waals surface area contributed by atoms with Crippen LogP contribution >= 0.6 is 0 Å². The fourth-order valence-electron chi connectivity index (χ4n) is 2.91. The summed E-state index contributed by atoms with van der Waals surface area (Å²) < 4.78 is 54.9. The van der Waals surface area contributed by atoms with Gasteiger partial charge in [0.15, 0.2) is 0 Å². The van der Waals surface area contributed by atoms with Crippen molar-refractivity contribution in [1.29, 1.82) is 0 Å². The standard InChI is InChI=1S/C20H24F2N2O3S/c1-3-15(21)10-9-14(2)23-20(25)18-13-17(11-12-19(18)22)28(26,27)24-16-7-5-4-6-8-16/h3,9-13,16,24H,1,4-8H2,2H3,(H,23,25)/b14-9+,15-10+. The smallest absolute Gasteiger partial charge is 0.258 e. The summed E-state index contributed by atoms with van der Waals surface area (Å²) in [6.45, 7) is 4.75. The highest BCUT2D eigenvalue weighted by Crippen LogP contribution is 2.21. The molecule has 1 aromatic rings. The number of hydrogen-bond donors (Lipinski definition) is 2. The summed E-state index contributed by atoms with van der Waals surface area (Å²) in [5.41, 5.74) is -0.151. The second kappa shape index (κ2) is 9.75. The van der Waals surface area contributed by atoms with E-state index in [2.05, 4.69) is 16.6 Å². The predicted molar refractivity (Wildman–Crippen MR) is 104 cm³/mol. The van der Waals surface area contributed by atoms with E-state index < -0.39 is 33.1 Å². The van der Waals surface area contributed by atoms with Crippen molar-refractivity contribution in [2.45, 2.75) is 50.0 Å². The molecule has 2 N–H and O–H groups in total. The Morgan fingerprint density at radius 1 is 1.21 bits per heavy atom. The number of sulfonamides is 1. The van der Waals surface area contributed by atoms with Crippen LogP contribution in [0.5, 0.6) is 0 Å². The molecule has 1 aliphatic rings. The van der Waals surface area contributed by atoms with Gasteiger partial charge in [0, 0.05) is 11.7 Å². The molecule has 8 heteroatoms. The van der Waals surface area contributed by atoms with Crippen molar-refractivity contribution in [3.05, 3.63) is 65.9 Å². The molecular formula is C20H24F2N2O3S. The van der Waals surface area contributed by atoms with Gasteiger partial charge in [0.25, 0.3) is 5.91 Å². The summed E-state index contributed by atoms with van der Waals surface area (Å²) in [4.78, 5) is 12.1. The molecule has 1 saturated carbocycles. The number of amides is 1. The van der Waals surface area contributed by atoms with Crippen molar-refractivity contribution in [1.82, 2.24) is 10.0 Å². The van der Waals surface area contributed by atoms with Gasteiger partial charge in [-0.25, -0.2) is 21.9 Å². The lowest BCUT2D eigenvalue weighted by atomic mass is 9.96. The van der Waals surface area contributed by atoms with Gasteiger partial charge in [-0.1, -0.05) is 25.8 Å². The molecule has 152 valence electrons. The van der Waals surface area contributed by atoms with Crippen molar-refractivity contribution < 1.29 is 22.0 Å². The lowest BCUT2D eigenvalue weighted by molar-refractivity contribution is 0.0961. The third kappa shape index (κ3) is 6.10. The van der Waals surface area contributed by atoms with Crippen LogP contribution in [0.2, 0.25) is 0 Å². The first-order chi connectivity index (χ1) is 13.2. The minimum absolute atomic E-state index is 0.155. The van der Waals surface area contributed by atoms with Crippen molar-refractivity contribution in [3.63, 3.8) is 0 Å². The molecule has 1 fully saturated rings. The number of allylic oxidation sites excluding steroid dienone is 5. The van der Waals surface area contributed by atoms with Crippen LogP contribution in [-0.4, -0.2) is 20.4 Å². The van der Waals surface area contributed by atoms with Crippen molar-refractivity contribution in [2.75, 3.05) is 0 Å². The first-order valence-electron chi connectivity index (χ1n) is 9.02. The van der Waals surface area contributed by atoms with E-state index in [9.17, 15) is 22.0 Å². The van der Waals surface area contributed by atoms with Crippen LogP contribution in [0.1, 0.15) is 49.4 Å². The highest BCUT2D eigenvalue weighted by Gasteiger charge is 2.24. The minimum atomic E-state index is -3.87. The molecule has 28 heavy (non-hydrogen) atoms. The zero-order chi connectivity index (χ0) is 20.7. The number of carbonyl (C=O) groups excluding carboxylic acids is 1. The molecule has 1 aliphatic carbocycles. The molecule has 0 radical (unpaired) electrons. The highest BCUT2D eigenvalue weighted by molar-refractivity contribution is 7.89. The molecular weight excluding hydrogens is 386 g/mol. The molecule has 0 unspecified atom stereocenters. The Bertz CT molecular complexity index is 902. The average Bonchev–Trinajstić information content (AvgIpc) is 2.66. The monoisotopic (exact) mass is 410 g/mol. The quantitative estimate of drug-likeness (QED) is 0.665. The van der Waals surface area contributed by atoms with E-state index in [0.29, 0.717) is 0 Å². The molecule has 0 heterocycles. The number of halogens is 2. The van der Waals surface area contributed by atoms with Gasteiger partial charge >= 0.3 is 0 Å². The van der Waals surface area contributed by atoms with Crippen molar-refractivity contribution in [2.24, 2.45) is 0 Å². The number of benzene rings is 1. The van der Waals surface area contributed by atoms with E-state index in [1.54, 1.807) is 0 Å². The first kappa shape index (κ1) is 22.0. The van der Waals surface area contributed by atoms with Crippen LogP contribution in [-0.2, 0) is 10.0 Å². The Hall–Kier alpha value is -2.32. The molecule has 1 aromatic carbocycles. The van der Waals surface area contributed by atoms with E-state index in [-0.39, 0.29) is 16.6 Å². The fraction of sp³-hybridized carbons (Fsp3) is 0.350. The van der Waals surface area contributed by atoms with Gasteiger partial charge < -0.3 is 5.32 Å². The SMILES string of the molecule is C=C/C(F)=C\C=C(/C)NC(=O)c1cc(S(=O)(=O)NC2CCCCC2)ccc1F. The normalized spacial score (nSPS) is 16.7. The maximum Gasteiger partial charge on any atom is 0.258 e. The van der Waals surface area contributed by atoms with Gasteiger partial charge in [0.2, 0.25) is 10.0 Å². The Labute approximate surface area is 164 Å². The lowest BCUT2D eigenvalue weighted by Crippen LogP contribution is -2.36. The van der Waals surface area contributed by atoms with E-state index in [1.165, 1.54) is 13.0 Å². The van der Waals surface area contributed by atoms with Crippen LogP contribution in [0.4, 0.5) is 8.78 Å². The molecule has 5 nitrogen and oxygen atoms in total. The first-order valence-corrected chi connectivity index (χ1v) is 10.5. The molecule has 0 spiro atoms. The van der Waals surface area contributed by atoms with Gasteiger partial charge in [0.05, 0.1) is 10.5 Å². The van der Waals surface area contributed by atoms with Gasteiger partial charge in [-0.15, -0.1) is 0 Å². The van der Waals surface area contributed by atoms with E-state index in [4.69, 9.17) is 0 Å². The van der Waals surface area contributed by atoms with Crippen LogP contribution < -0.4 is 10.0 Å². The maximum absolute atomic E-state index is 14.1. The van der Waals surface area contributed by atoms with E-state index >= 15 is 0 Å². The number of nitrogens with one attached hydrogen (secondary N) is 2. The Morgan fingerprint density at radius 3 is 2.54 bits per heavy atom. The number of rotatable bonds is 7. The third-order valence-electron chi connectivity index (χ3n) is 4.42. The van der Waals surface area contributed by atoms with Gasteiger partial charge in [-0.3, -0.25) is 4.79 Å². The topological polar surface area (TPSA) is 75.3 Å². The summed E-state index contributed by atoms with van der Waals surface area (Å²) in [6.07, 6.45) is 7.88. The molecule has 2 rings (SSSR count). The van der Waals surface area contributed by atoms with Crippen molar-refractivity contribution >= 4 is 15.9 Å². The van der Waals surface area contributed by atoms with E-state index in [0.717, 1.165) is 62.5 Å². The molecule has 0 bridgehead atoms. The summed E-state index contributed by atoms with van der Waals surface area (Å²) >= 11 is 0. The molecule has 0 saturated heterocycles.